The number of nitrogens with two attached hydrogens (primary N) is 1. The summed E-state index contributed by atoms with van der Waals surface area (Å²) in [7, 11) is 0. The van der Waals surface area contributed by atoms with E-state index in [9.17, 15) is 0 Å². The molecule has 0 unspecified atom stereocenters. The highest BCUT2D eigenvalue weighted by molar-refractivity contribution is 5.42. The minimum absolute atomic E-state index is 0.0295. The van der Waals surface area contributed by atoms with Gasteiger partial charge in [0.25, 0.3) is 0 Å². The van der Waals surface area contributed by atoms with Gasteiger partial charge in [0.2, 0.25) is 0 Å². The molecule has 88 valence electrons. The van der Waals surface area contributed by atoms with Crippen molar-refractivity contribution in [3.8, 4) is 5.75 Å². The minimum atomic E-state index is -0.0295. The number of aryl methyl sites for hydroxylation is 1. The van der Waals surface area contributed by atoms with E-state index in [-0.39, 0.29) is 5.60 Å². The monoisotopic (exact) mass is 219 g/mol. The molecule has 2 rings (SSSR count). The lowest BCUT2D eigenvalue weighted by Gasteiger charge is -2.16. The smallest absolute Gasteiger partial charge is 0.123 e. The van der Waals surface area contributed by atoms with Crippen molar-refractivity contribution in [3.63, 3.8) is 0 Å². The van der Waals surface area contributed by atoms with E-state index in [4.69, 9.17) is 10.5 Å². The third-order valence-electron chi connectivity index (χ3n) is 3.05. The van der Waals surface area contributed by atoms with Gasteiger partial charge in [0.05, 0.1) is 0 Å². The van der Waals surface area contributed by atoms with Crippen LogP contribution < -0.4 is 10.5 Å². The molecule has 16 heavy (non-hydrogen) atoms. The van der Waals surface area contributed by atoms with Crippen LogP contribution in [-0.4, -0.2) is 12.1 Å². The van der Waals surface area contributed by atoms with Crippen LogP contribution in [0.5, 0.6) is 5.75 Å². The fourth-order valence-electron chi connectivity index (χ4n) is 2.26. The van der Waals surface area contributed by atoms with Crippen molar-refractivity contribution < 1.29 is 4.74 Å². The maximum atomic E-state index is 5.92. The van der Waals surface area contributed by atoms with Crippen LogP contribution in [0.15, 0.2) is 18.2 Å². The molecule has 1 heterocycles. The third-order valence-corrected chi connectivity index (χ3v) is 3.05. The SMILES string of the molecule is CC1(C)Cc2ccc(CCCCN)cc2O1. The van der Waals surface area contributed by atoms with Gasteiger partial charge in [-0.3, -0.25) is 0 Å². The summed E-state index contributed by atoms with van der Waals surface area (Å²) in [5, 5.41) is 0. The molecule has 0 saturated heterocycles. The predicted molar refractivity (Wildman–Crippen MR) is 66.8 cm³/mol. The van der Waals surface area contributed by atoms with Crippen LogP contribution in [0.1, 0.15) is 37.8 Å². The van der Waals surface area contributed by atoms with Crippen LogP contribution in [0.25, 0.3) is 0 Å². The Balaban J connectivity index is 2.04. The van der Waals surface area contributed by atoms with E-state index < -0.39 is 0 Å². The molecule has 0 aliphatic carbocycles. The minimum Gasteiger partial charge on any atom is -0.487 e. The first kappa shape index (κ1) is 11.5. The van der Waals surface area contributed by atoms with Gasteiger partial charge in [-0.25, -0.2) is 0 Å². The molecule has 1 aromatic carbocycles. The molecule has 2 N–H and O–H groups in total. The van der Waals surface area contributed by atoms with Gasteiger partial charge in [-0.2, -0.15) is 0 Å². The van der Waals surface area contributed by atoms with Crippen molar-refractivity contribution in [1.29, 1.82) is 0 Å². The predicted octanol–water partition coefficient (Wildman–Crippen LogP) is 2.68. The average molecular weight is 219 g/mol. The van der Waals surface area contributed by atoms with E-state index in [2.05, 4.69) is 32.0 Å². The summed E-state index contributed by atoms with van der Waals surface area (Å²) in [5.74, 6) is 1.08. The average Bonchev–Trinajstić information content (AvgIpc) is 2.51. The van der Waals surface area contributed by atoms with Crippen LogP contribution in [0, 0.1) is 0 Å². The molecule has 2 heteroatoms. The summed E-state index contributed by atoms with van der Waals surface area (Å²) < 4.78 is 5.92. The van der Waals surface area contributed by atoms with Crippen molar-refractivity contribution in [2.24, 2.45) is 5.73 Å². The lowest BCUT2D eigenvalue weighted by molar-refractivity contribution is 0.138. The van der Waals surface area contributed by atoms with Crippen molar-refractivity contribution in [1.82, 2.24) is 0 Å². The van der Waals surface area contributed by atoms with Crippen molar-refractivity contribution in [3.05, 3.63) is 29.3 Å². The Morgan fingerprint density at radius 3 is 2.88 bits per heavy atom. The zero-order valence-electron chi connectivity index (χ0n) is 10.3. The topological polar surface area (TPSA) is 35.2 Å². The number of rotatable bonds is 4. The van der Waals surface area contributed by atoms with Gasteiger partial charge in [-0.05, 0) is 56.8 Å². The zero-order valence-corrected chi connectivity index (χ0v) is 10.3. The molecule has 1 aliphatic rings. The maximum Gasteiger partial charge on any atom is 0.123 e. The second-order valence-corrected chi connectivity index (χ2v) is 5.23. The van der Waals surface area contributed by atoms with Gasteiger partial charge >= 0.3 is 0 Å². The van der Waals surface area contributed by atoms with Gasteiger partial charge < -0.3 is 10.5 Å². The maximum absolute atomic E-state index is 5.92. The fraction of sp³-hybridized carbons (Fsp3) is 0.571. The molecule has 1 aromatic rings. The first-order valence-corrected chi connectivity index (χ1v) is 6.12. The fourth-order valence-corrected chi connectivity index (χ4v) is 2.26. The molecule has 0 amide bonds. The number of benzene rings is 1. The lowest BCUT2D eigenvalue weighted by atomic mass is 10.00. The Bertz CT molecular complexity index is 371. The van der Waals surface area contributed by atoms with E-state index in [1.165, 1.54) is 17.5 Å². The van der Waals surface area contributed by atoms with Crippen LogP contribution in [0.4, 0.5) is 0 Å². The molecule has 0 radical (unpaired) electrons. The Morgan fingerprint density at radius 2 is 2.12 bits per heavy atom. The van der Waals surface area contributed by atoms with Crippen LogP contribution in [-0.2, 0) is 12.8 Å². The van der Waals surface area contributed by atoms with Crippen molar-refractivity contribution in [2.45, 2.75) is 45.1 Å². The number of unbranched alkanes of at least 4 members (excludes halogenated alkanes) is 1. The van der Waals surface area contributed by atoms with Crippen LogP contribution >= 0.6 is 0 Å². The standard InChI is InChI=1S/C14H21NO/c1-14(2)10-12-7-6-11(5-3-4-8-15)9-13(12)16-14/h6-7,9H,3-5,8,10,15H2,1-2H3. The Kier molecular flexibility index (Phi) is 3.20. The van der Waals surface area contributed by atoms with E-state index in [0.717, 1.165) is 31.6 Å². The second kappa shape index (κ2) is 4.46. The molecule has 2 nitrogen and oxygen atoms in total. The molecule has 0 bridgehead atoms. The lowest BCUT2D eigenvalue weighted by Crippen LogP contribution is -2.24. The summed E-state index contributed by atoms with van der Waals surface area (Å²) >= 11 is 0. The van der Waals surface area contributed by atoms with Gasteiger partial charge in [-0.1, -0.05) is 12.1 Å². The van der Waals surface area contributed by atoms with Crippen molar-refractivity contribution >= 4 is 0 Å². The highest BCUT2D eigenvalue weighted by Crippen LogP contribution is 2.35. The number of hydrogen-bond donors (Lipinski definition) is 1. The van der Waals surface area contributed by atoms with E-state index in [1.54, 1.807) is 0 Å². The Labute approximate surface area is 97.8 Å². The molecule has 0 aromatic heterocycles. The van der Waals surface area contributed by atoms with E-state index in [0.29, 0.717) is 0 Å². The third kappa shape index (κ3) is 2.56. The summed E-state index contributed by atoms with van der Waals surface area (Å²) in [6, 6.07) is 6.63. The summed E-state index contributed by atoms with van der Waals surface area (Å²) in [6.07, 6.45) is 4.39. The summed E-state index contributed by atoms with van der Waals surface area (Å²) in [5.41, 5.74) is 8.17. The summed E-state index contributed by atoms with van der Waals surface area (Å²) in [6.45, 7) is 5.07. The summed E-state index contributed by atoms with van der Waals surface area (Å²) in [4.78, 5) is 0. The highest BCUT2D eigenvalue weighted by atomic mass is 16.5. The molecule has 0 spiro atoms. The zero-order chi connectivity index (χ0) is 11.6. The first-order valence-electron chi connectivity index (χ1n) is 6.12. The van der Waals surface area contributed by atoms with Crippen LogP contribution in [0.2, 0.25) is 0 Å². The van der Waals surface area contributed by atoms with Crippen molar-refractivity contribution in [2.75, 3.05) is 6.54 Å². The van der Waals surface area contributed by atoms with E-state index >= 15 is 0 Å². The number of ether oxygens (including phenoxy) is 1. The number of fused-ring (bicyclic) bond motifs is 1. The van der Waals surface area contributed by atoms with Gasteiger partial charge in [0, 0.05) is 6.42 Å². The normalized spacial score (nSPS) is 16.9. The largest absolute Gasteiger partial charge is 0.487 e. The number of hydrogen-bond acceptors (Lipinski definition) is 2. The Morgan fingerprint density at radius 1 is 1.31 bits per heavy atom. The van der Waals surface area contributed by atoms with E-state index in [1.807, 2.05) is 0 Å². The quantitative estimate of drug-likeness (QED) is 0.790. The molecular weight excluding hydrogens is 198 g/mol. The first-order chi connectivity index (χ1) is 7.61. The van der Waals surface area contributed by atoms with Crippen LogP contribution in [0.3, 0.4) is 0 Å². The van der Waals surface area contributed by atoms with Gasteiger partial charge in [0.1, 0.15) is 11.4 Å². The highest BCUT2D eigenvalue weighted by Gasteiger charge is 2.29. The molecule has 0 saturated carbocycles. The second-order valence-electron chi connectivity index (χ2n) is 5.23. The molecule has 0 atom stereocenters. The Hall–Kier alpha value is -1.02. The molecular formula is C14H21NO. The van der Waals surface area contributed by atoms with Gasteiger partial charge in [0.15, 0.2) is 0 Å². The van der Waals surface area contributed by atoms with Gasteiger partial charge in [-0.15, -0.1) is 0 Å². The molecule has 1 aliphatic heterocycles. The molecule has 0 fully saturated rings.